The monoisotopic (exact) mass is 821 g/mol. The van der Waals surface area contributed by atoms with Gasteiger partial charge in [-0.25, -0.2) is 19.2 Å². The summed E-state index contributed by atoms with van der Waals surface area (Å²) in [5.74, 6) is -1.04. The highest BCUT2D eigenvalue weighted by molar-refractivity contribution is 5.91. The highest BCUT2D eigenvalue weighted by Crippen LogP contribution is 2.34. The van der Waals surface area contributed by atoms with Crippen LogP contribution < -0.4 is 14.8 Å². The van der Waals surface area contributed by atoms with Gasteiger partial charge in [-0.1, -0.05) is 103 Å². The molecular formula is C49H43NO11. The van der Waals surface area contributed by atoms with Crippen molar-refractivity contribution >= 4 is 29.7 Å². The zero-order valence-corrected chi connectivity index (χ0v) is 33.2. The normalized spacial score (nSPS) is 16.9. The Morgan fingerprint density at radius 2 is 1.20 bits per heavy atom. The number of carbonyl (C=O) groups is 4. The maximum atomic E-state index is 13.8. The fraction of sp³-hybridized carbons (Fsp3) is 0.184. The van der Waals surface area contributed by atoms with Gasteiger partial charge in [0.25, 0.3) is 0 Å². The number of hydrogen-bond donors (Lipinski definition) is 1. The first kappa shape index (κ1) is 41.7. The number of anilines is 1. The molecule has 0 aromatic heterocycles. The largest absolute Gasteiger partial charge is 0.497 e. The summed E-state index contributed by atoms with van der Waals surface area (Å²) >= 11 is 0. The maximum absolute atomic E-state index is 13.8. The third-order valence-corrected chi connectivity index (χ3v) is 9.71. The van der Waals surface area contributed by atoms with E-state index in [1.807, 2.05) is 54.6 Å². The zero-order valence-electron chi connectivity index (χ0n) is 33.2. The third-order valence-electron chi connectivity index (χ3n) is 9.71. The average molecular weight is 822 g/mol. The fourth-order valence-electron chi connectivity index (χ4n) is 6.57. The molecule has 0 saturated carbocycles. The smallest absolute Gasteiger partial charge is 0.411 e. The van der Waals surface area contributed by atoms with Crippen molar-refractivity contribution in [2.45, 2.75) is 44.1 Å². The minimum atomic E-state index is -1.43. The molecule has 7 rings (SSSR count). The number of rotatable bonds is 15. The molecule has 1 N–H and O–H groups in total. The first-order chi connectivity index (χ1) is 29.8. The number of benzene rings is 6. The Labute approximate surface area is 352 Å². The Bertz CT molecular complexity index is 2380. The van der Waals surface area contributed by atoms with Crippen LogP contribution in [0.3, 0.4) is 0 Å². The molecule has 0 bridgehead atoms. The van der Waals surface area contributed by atoms with Gasteiger partial charge in [0.1, 0.15) is 30.8 Å². The number of ether oxygens (including phenoxy) is 7. The van der Waals surface area contributed by atoms with E-state index in [9.17, 15) is 19.2 Å². The van der Waals surface area contributed by atoms with Gasteiger partial charge in [-0.15, -0.1) is 0 Å². The standard InChI is InChI=1S/C49H43NO11/c1-55-40-26-22-33(23-27-40)28-38-24-25-39(50-49(54)57-31-34-14-6-2-7-15-34)29-42(38)60-48-44(61-47(53)37-20-12-5-13-21-37)43(59-46(52)36-18-10-4-11-19-36)30-41(58-48)32-56-45(51)35-16-8-3-9-17-35/h2-27,29,41,43-44,48H,28,30-32H2,1H3,(H,50,54)/t41-,43-,44+,48+/m0/s1. The van der Waals surface area contributed by atoms with Crippen LogP contribution >= 0.6 is 0 Å². The van der Waals surface area contributed by atoms with E-state index in [0.717, 1.165) is 11.1 Å². The summed E-state index contributed by atoms with van der Waals surface area (Å²) in [6, 6.07) is 47.1. The number of methoxy groups -OCH3 is 1. The van der Waals surface area contributed by atoms with Crippen LogP contribution in [0.2, 0.25) is 0 Å². The summed E-state index contributed by atoms with van der Waals surface area (Å²) < 4.78 is 41.9. The molecule has 1 amide bonds. The van der Waals surface area contributed by atoms with Crippen LogP contribution in [0.4, 0.5) is 10.5 Å². The van der Waals surface area contributed by atoms with Crippen molar-refractivity contribution in [3.05, 3.63) is 197 Å². The highest BCUT2D eigenvalue weighted by Gasteiger charge is 2.46. The lowest BCUT2D eigenvalue weighted by molar-refractivity contribution is -0.240. The molecule has 0 aliphatic carbocycles. The Balaban J connectivity index is 1.22. The van der Waals surface area contributed by atoms with Crippen LogP contribution in [-0.2, 0) is 36.7 Å². The molecule has 310 valence electrons. The van der Waals surface area contributed by atoms with Gasteiger partial charge < -0.3 is 33.2 Å². The van der Waals surface area contributed by atoms with Crippen molar-refractivity contribution in [1.29, 1.82) is 0 Å². The van der Waals surface area contributed by atoms with E-state index in [0.29, 0.717) is 29.0 Å². The second kappa shape index (κ2) is 20.5. The van der Waals surface area contributed by atoms with E-state index in [-0.39, 0.29) is 36.5 Å². The Morgan fingerprint density at radius 1 is 0.623 bits per heavy atom. The molecule has 1 heterocycles. The Hall–Kier alpha value is -7.44. The van der Waals surface area contributed by atoms with E-state index in [1.54, 1.807) is 116 Å². The molecule has 0 spiro atoms. The lowest BCUT2D eigenvalue weighted by atomic mass is 10.0. The molecule has 12 heteroatoms. The summed E-state index contributed by atoms with van der Waals surface area (Å²) in [5, 5.41) is 2.76. The summed E-state index contributed by atoms with van der Waals surface area (Å²) in [6.07, 6.45) is -5.15. The number of nitrogens with one attached hydrogen (secondary N) is 1. The van der Waals surface area contributed by atoms with Gasteiger partial charge >= 0.3 is 24.0 Å². The lowest BCUT2D eigenvalue weighted by Gasteiger charge is -2.40. The van der Waals surface area contributed by atoms with Crippen LogP contribution in [0.5, 0.6) is 11.5 Å². The van der Waals surface area contributed by atoms with Crippen LogP contribution in [0.25, 0.3) is 0 Å². The van der Waals surface area contributed by atoms with Gasteiger partial charge in [0.15, 0.2) is 0 Å². The van der Waals surface area contributed by atoms with Crippen LogP contribution in [0.1, 0.15) is 54.2 Å². The van der Waals surface area contributed by atoms with E-state index in [2.05, 4.69) is 5.32 Å². The number of hydrogen-bond acceptors (Lipinski definition) is 11. The van der Waals surface area contributed by atoms with Crippen LogP contribution in [-0.4, -0.2) is 62.3 Å². The molecule has 6 aromatic rings. The molecule has 1 aliphatic heterocycles. The molecule has 61 heavy (non-hydrogen) atoms. The van der Waals surface area contributed by atoms with Gasteiger partial charge in [0, 0.05) is 24.6 Å². The lowest BCUT2D eigenvalue weighted by Crippen LogP contribution is -2.55. The molecule has 1 saturated heterocycles. The SMILES string of the molecule is COc1ccc(Cc2ccc(NC(=O)OCc3ccccc3)cc2O[C@H]2O[C@H](COC(=O)c3ccccc3)C[C@H](OC(=O)c3ccccc3)[C@H]2OC(=O)c2ccccc2)cc1. The van der Waals surface area contributed by atoms with E-state index in [1.165, 1.54) is 0 Å². The first-order valence-electron chi connectivity index (χ1n) is 19.6. The van der Waals surface area contributed by atoms with Gasteiger partial charge in [-0.05, 0) is 71.3 Å². The topological polar surface area (TPSA) is 145 Å². The fourth-order valence-corrected chi connectivity index (χ4v) is 6.57. The van der Waals surface area contributed by atoms with Crippen molar-refractivity contribution in [1.82, 2.24) is 0 Å². The Morgan fingerprint density at radius 3 is 1.80 bits per heavy atom. The number of esters is 3. The second-order valence-corrected chi connectivity index (χ2v) is 14.0. The predicted octanol–water partition coefficient (Wildman–Crippen LogP) is 8.84. The minimum Gasteiger partial charge on any atom is -0.497 e. The van der Waals surface area contributed by atoms with E-state index in [4.69, 9.17) is 33.2 Å². The molecule has 0 unspecified atom stereocenters. The second-order valence-electron chi connectivity index (χ2n) is 14.0. The van der Waals surface area contributed by atoms with Gasteiger partial charge in [-0.2, -0.15) is 0 Å². The molecule has 1 aliphatic rings. The van der Waals surface area contributed by atoms with Crippen LogP contribution in [0, 0.1) is 0 Å². The van der Waals surface area contributed by atoms with Crippen molar-refractivity contribution in [2.75, 3.05) is 19.0 Å². The molecular weight excluding hydrogens is 779 g/mol. The van der Waals surface area contributed by atoms with Crippen molar-refractivity contribution in [3.8, 4) is 11.5 Å². The van der Waals surface area contributed by atoms with Crippen LogP contribution in [0.15, 0.2) is 164 Å². The van der Waals surface area contributed by atoms with Gasteiger partial charge in [0.2, 0.25) is 12.4 Å². The van der Waals surface area contributed by atoms with Gasteiger partial charge in [0.05, 0.1) is 29.9 Å². The van der Waals surface area contributed by atoms with E-state index >= 15 is 0 Å². The molecule has 4 atom stereocenters. The molecule has 1 fully saturated rings. The quantitative estimate of drug-likeness (QED) is 0.0784. The zero-order chi connectivity index (χ0) is 42.4. The first-order valence-corrected chi connectivity index (χ1v) is 19.6. The minimum absolute atomic E-state index is 0.0270. The molecule has 12 nitrogen and oxygen atoms in total. The third kappa shape index (κ3) is 11.6. The summed E-state index contributed by atoms with van der Waals surface area (Å²) in [6.45, 7) is -0.199. The number of amides is 1. The van der Waals surface area contributed by atoms with Gasteiger partial charge in [-0.3, -0.25) is 5.32 Å². The summed E-state index contributed by atoms with van der Waals surface area (Å²) in [4.78, 5) is 53.5. The predicted molar refractivity (Wildman–Crippen MR) is 224 cm³/mol. The summed E-state index contributed by atoms with van der Waals surface area (Å²) in [5.41, 5.74) is 3.57. The Kier molecular flexibility index (Phi) is 14.0. The maximum Gasteiger partial charge on any atom is 0.411 e. The van der Waals surface area contributed by atoms with Crippen molar-refractivity contribution < 1.29 is 52.3 Å². The number of carbonyl (C=O) groups excluding carboxylic acids is 4. The summed E-state index contributed by atoms with van der Waals surface area (Å²) in [7, 11) is 1.59. The highest BCUT2D eigenvalue weighted by atomic mass is 16.7. The molecule has 6 aromatic carbocycles. The molecule has 0 radical (unpaired) electrons. The van der Waals surface area contributed by atoms with Crippen molar-refractivity contribution in [3.63, 3.8) is 0 Å². The average Bonchev–Trinajstić information content (AvgIpc) is 3.30. The van der Waals surface area contributed by atoms with Crippen molar-refractivity contribution in [2.24, 2.45) is 0 Å². The van der Waals surface area contributed by atoms with E-state index < -0.39 is 48.6 Å².